The third-order valence-electron chi connectivity index (χ3n) is 2.56. The Morgan fingerprint density at radius 3 is 2.35 bits per heavy atom. The smallest absolute Gasteiger partial charge is 0.325 e. The zero-order valence-corrected chi connectivity index (χ0v) is 10.0. The van der Waals surface area contributed by atoms with Crippen LogP contribution in [-0.2, 0) is 16.0 Å². The van der Waals surface area contributed by atoms with Gasteiger partial charge in [0, 0.05) is 5.92 Å². The number of carboxylic acids is 1. The molecular formula is C13H17NO3. The number of amides is 1. The molecule has 0 aliphatic rings. The molecule has 0 unspecified atom stereocenters. The first-order chi connectivity index (χ1) is 8.00. The molecule has 4 heteroatoms. The maximum absolute atomic E-state index is 11.7. The van der Waals surface area contributed by atoms with E-state index in [2.05, 4.69) is 5.32 Å². The maximum atomic E-state index is 11.7. The summed E-state index contributed by atoms with van der Waals surface area (Å²) in [5.74, 6) is -1.49. The summed E-state index contributed by atoms with van der Waals surface area (Å²) in [6.07, 6.45) is 0.610. The van der Waals surface area contributed by atoms with Gasteiger partial charge in [-0.25, -0.2) is 0 Å². The summed E-state index contributed by atoms with van der Waals surface area (Å²) >= 11 is 0. The Labute approximate surface area is 101 Å². The summed E-state index contributed by atoms with van der Waals surface area (Å²) in [6.45, 7) is 3.24. The van der Waals surface area contributed by atoms with E-state index in [-0.39, 0.29) is 11.8 Å². The van der Waals surface area contributed by atoms with E-state index in [0.29, 0.717) is 6.42 Å². The minimum absolute atomic E-state index is 0.233. The molecule has 0 saturated carbocycles. The van der Waals surface area contributed by atoms with Crippen LogP contribution in [0, 0.1) is 5.92 Å². The van der Waals surface area contributed by atoms with Crippen LogP contribution in [0.3, 0.4) is 0 Å². The summed E-state index contributed by atoms with van der Waals surface area (Å²) < 4.78 is 0. The van der Waals surface area contributed by atoms with E-state index in [4.69, 9.17) is 5.11 Å². The maximum Gasteiger partial charge on any atom is 0.325 e. The van der Waals surface area contributed by atoms with Gasteiger partial charge in [0.2, 0.25) is 5.91 Å². The molecule has 2 N–H and O–H groups in total. The monoisotopic (exact) mass is 235 g/mol. The van der Waals surface area contributed by atoms with Crippen molar-refractivity contribution in [3.8, 4) is 0 Å². The second-order valence-corrected chi connectivity index (χ2v) is 4.16. The highest BCUT2D eigenvalue weighted by molar-refractivity contribution is 5.84. The Hall–Kier alpha value is -1.84. The van der Waals surface area contributed by atoms with Gasteiger partial charge in [-0.1, -0.05) is 37.3 Å². The summed E-state index contributed by atoms with van der Waals surface area (Å²) in [4.78, 5) is 22.3. The molecule has 0 aliphatic heterocycles. The number of nitrogens with one attached hydrogen (secondary N) is 1. The molecule has 0 bridgehead atoms. The van der Waals surface area contributed by atoms with Crippen molar-refractivity contribution in [2.75, 3.05) is 0 Å². The van der Waals surface area contributed by atoms with Gasteiger partial charge in [-0.3, -0.25) is 9.59 Å². The van der Waals surface area contributed by atoms with E-state index >= 15 is 0 Å². The fraction of sp³-hybridized carbons (Fsp3) is 0.385. The first-order valence-electron chi connectivity index (χ1n) is 5.58. The minimum Gasteiger partial charge on any atom is -0.480 e. The molecule has 1 aromatic rings. The van der Waals surface area contributed by atoms with E-state index in [0.717, 1.165) is 5.56 Å². The van der Waals surface area contributed by atoms with Gasteiger partial charge < -0.3 is 10.4 Å². The standard InChI is InChI=1S/C13H17NO3/c1-9(8-11-6-4-3-5-7-11)12(15)14-10(2)13(16)17/h3-7,9-10H,8H2,1-2H3,(H,14,15)(H,16,17)/t9-,10+/m1/s1. The van der Waals surface area contributed by atoms with Crippen LogP contribution >= 0.6 is 0 Å². The SMILES string of the molecule is C[C@H](Cc1ccccc1)C(=O)N[C@@H](C)C(=O)O. The van der Waals surface area contributed by atoms with Crippen molar-refractivity contribution in [3.05, 3.63) is 35.9 Å². The molecule has 2 atom stereocenters. The molecule has 0 aliphatic carbocycles. The van der Waals surface area contributed by atoms with E-state index in [1.165, 1.54) is 6.92 Å². The van der Waals surface area contributed by atoms with Crippen LogP contribution in [0.15, 0.2) is 30.3 Å². The summed E-state index contributed by atoms with van der Waals surface area (Å²) in [5.41, 5.74) is 1.07. The molecule has 0 saturated heterocycles. The second-order valence-electron chi connectivity index (χ2n) is 4.16. The second kappa shape index (κ2) is 6.03. The minimum atomic E-state index is -1.02. The molecule has 1 rings (SSSR count). The molecule has 0 spiro atoms. The average molecular weight is 235 g/mol. The van der Waals surface area contributed by atoms with Gasteiger partial charge >= 0.3 is 5.97 Å². The van der Waals surface area contributed by atoms with Gasteiger partial charge in [-0.05, 0) is 18.9 Å². The van der Waals surface area contributed by atoms with Crippen molar-refractivity contribution in [1.29, 1.82) is 0 Å². The average Bonchev–Trinajstić information content (AvgIpc) is 2.29. The van der Waals surface area contributed by atoms with Gasteiger partial charge in [0.25, 0.3) is 0 Å². The zero-order chi connectivity index (χ0) is 12.8. The quantitative estimate of drug-likeness (QED) is 0.811. The fourth-order valence-electron chi connectivity index (χ4n) is 1.48. The Morgan fingerprint density at radius 1 is 1.24 bits per heavy atom. The summed E-state index contributed by atoms with van der Waals surface area (Å²) in [6, 6.07) is 8.80. The normalized spacial score (nSPS) is 13.8. The van der Waals surface area contributed by atoms with Crippen molar-refractivity contribution < 1.29 is 14.7 Å². The van der Waals surface area contributed by atoms with Crippen molar-refractivity contribution in [3.63, 3.8) is 0 Å². The van der Waals surface area contributed by atoms with Crippen molar-refractivity contribution in [2.45, 2.75) is 26.3 Å². The van der Waals surface area contributed by atoms with Crippen LogP contribution in [0.25, 0.3) is 0 Å². The lowest BCUT2D eigenvalue weighted by Crippen LogP contribution is -2.41. The van der Waals surface area contributed by atoms with Gasteiger partial charge in [0.15, 0.2) is 0 Å². The molecular weight excluding hydrogens is 218 g/mol. The van der Waals surface area contributed by atoms with E-state index in [1.54, 1.807) is 6.92 Å². The van der Waals surface area contributed by atoms with Crippen LogP contribution in [-0.4, -0.2) is 23.0 Å². The third-order valence-corrected chi connectivity index (χ3v) is 2.56. The van der Waals surface area contributed by atoms with Gasteiger partial charge in [0.05, 0.1) is 0 Å². The number of rotatable bonds is 5. The van der Waals surface area contributed by atoms with E-state index in [1.807, 2.05) is 30.3 Å². The highest BCUT2D eigenvalue weighted by Crippen LogP contribution is 2.08. The number of hydrogen-bond acceptors (Lipinski definition) is 2. The highest BCUT2D eigenvalue weighted by atomic mass is 16.4. The molecule has 0 heterocycles. The van der Waals surface area contributed by atoms with Crippen molar-refractivity contribution >= 4 is 11.9 Å². The molecule has 17 heavy (non-hydrogen) atoms. The predicted molar refractivity (Wildman–Crippen MR) is 64.6 cm³/mol. The lowest BCUT2D eigenvalue weighted by atomic mass is 10.0. The molecule has 92 valence electrons. The largest absolute Gasteiger partial charge is 0.480 e. The number of carbonyl (C=O) groups excluding carboxylic acids is 1. The Morgan fingerprint density at radius 2 is 1.82 bits per heavy atom. The molecule has 0 fully saturated rings. The van der Waals surface area contributed by atoms with Gasteiger partial charge in [-0.15, -0.1) is 0 Å². The number of hydrogen-bond donors (Lipinski definition) is 2. The fourth-order valence-corrected chi connectivity index (χ4v) is 1.48. The number of aliphatic carboxylic acids is 1. The summed E-state index contributed by atoms with van der Waals surface area (Å²) in [5, 5.41) is 11.1. The zero-order valence-electron chi connectivity index (χ0n) is 10.0. The third kappa shape index (κ3) is 4.26. The molecule has 4 nitrogen and oxygen atoms in total. The number of carboxylic acid groups (broad SMARTS) is 1. The summed E-state index contributed by atoms with van der Waals surface area (Å²) in [7, 11) is 0. The first kappa shape index (κ1) is 13.2. The van der Waals surface area contributed by atoms with Crippen molar-refractivity contribution in [1.82, 2.24) is 5.32 Å². The van der Waals surface area contributed by atoms with E-state index < -0.39 is 12.0 Å². The van der Waals surface area contributed by atoms with Gasteiger partial charge in [-0.2, -0.15) is 0 Å². The number of benzene rings is 1. The van der Waals surface area contributed by atoms with Crippen LogP contribution in [0.1, 0.15) is 19.4 Å². The first-order valence-corrected chi connectivity index (χ1v) is 5.58. The lowest BCUT2D eigenvalue weighted by molar-refractivity contribution is -0.141. The number of carbonyl (C=O) groups is 2. The lowest BCUT2D eigenvalue weighted by Gasteiger charge is -2.14. The Balaban J connectivity index is 2.50. The Kier molecular flexibility index (Phi) is 4.69. The molecule has 1 aromatic carbocycles. The van der Waals surface area contributed by atoms with Crippen LogP contribution in [0.4, 0.5) is 0 Å². The van der Waals surface area contributed by atoms with Crippen LogP contribution in [0.2, 0.25) is 0 Å². The molecule has 0 aromatic heterocycles. The molecule has 1 amide bonds. The predicted octanol–water partition coefficient (Wildman–Crippen LogP) is 1.45. The van der Waals surface area contributed by atoms with E-state index in [9.17, 15) is 9.59 Å². The Bertz CT molecular complexity index is 389. The molecule has 0 radical (unpaired) electrons. The topological polar surface area (TPSA) is 66.4 Å². The van der Waals surface area contributed by atoms with Crippen LogP contribution < -0.4 is 5.32 Å². The van der Waals surface area contributed by atoms with Gasteiger partial charge in [0.1, 0.15) is 6.04 Å². The highest BCUT2D eigenvalue weighted by Gasteiger charge is 2.18. The van der Waals surface area contributed by atoms with Crippen molar-refractivity contribution in [2.24, 2.45) is 5.92 Å². The van der Waals surface area contributed by atoms with Crippen LogP contribution in [0.5, 0.6) is 0 Å².